The fraction of sp³-hybridized carbons (Fsp3) is 0.217. The van der Waals surface area contributed by atoms with E-state index in [4.69, 9.17) is 9.15 Å². The molecule has 0 radical (unpaired) electrons. The molecule has 1 saturated heterocycles. The van der Waals surface area contributed by atoms with E-state index in [9.17, 15) is 4.79 Å². The lowest BCUT2D eigenvalue weighted by Gasteiger charge is -2.34. The van der Waals surface area contributed by atoms with Gasteiger partial charge in [0.15, 0.2) is 22.9 Å². The molecule has 1 fully saturated rings. The molecule has 31 heavy (non-hydrogen) atoms. The van der Waals surface area contributed by atoms with Crippen molar-refractivity contribution in [2.45, 2.75) is 0 Å². The van der Waals surface area contributed by atoms with Crippen molar-refractivity contribution in [3.05, 3.63) is 66.7 Å². The molecule has 0 spiro atoms. The van der Waals surface area contributed by atoms with E-state index in [2.05, 4.69) is 20.1 Å². The van der Waals surface area contributed by atoms with Gasteiger partial charge in [-0.1, -0.05) is 12.1 Å². The van der Waals surface area contributed by atoms with E-state index in [0.717, 1.165) is 22.5 Å². The molecular weight excluding hydrogens is 394 g/mol. The van der Waals surface area contributed by atoms with Crippen molar-refractivity contribution in [2.24, 2.45) is 0 Å². The average Bonchev–Trinajstić information content (AvgIpc) is 3.29. The zero-order valence-electron chi connectivity index (χ0n) is 17.1. The Morgan fingerprint density at radius 3 is 2.61 bits per heavy atom. The van der Waals surface area contributed by atoms with Crippen LogP contribution in [0.3, 0.4) is 0 Å². The third-order valence-corrected chi connectivity index (χ3v) is 5.44. The SMILES string of the molecule is COc1cccc2cc(C(=O)N3CCN(c4ccc(-c5cccnc5)nn4)CC3)oc12. The zero-order chi connectivity index (χ0) is 21.2. The van der Waals surface area contributed by atoms with Crippen LogP contribution in [0.2, 0.25) is 0 Å². The van der Waals surface area contributed by atoms with Gasteiger partial charge in [-0.05, 0) is 36.4 Å². The molecule has 1 aromatic carbocycles. The summed E-state index contributed by atoms with van der Waals surface area (Å²) < 4.78 is 11.1. The van der Waals surface area contributed by atoms with Crippen LogP contribution in [0.4, 0.5) is 5.82 Å². The summed E-state index contributed by atoms with van der Waals surface area (Å²) in [5, 5.41) is 9.55. The summed E-state index contributed by atoms with van der Waals surface area (Å²) in [5.74, 6) is 1.63. The molecule has 4 heterocycles. The van der Waals surface area contributed by atoms with Gasteiger partial charge in [0.1, 0.15) is 0 Å². The fourth-order valence-corrected chi connectivity index (χ4v) is 3.76. The van der Waals surface area contributed by atoms with Gasteiger partial charge >= 0.3 is 0 Å². The van der Waals surface area contributed by atoms with Crippen LogP contribution in [0, 0.1) is 0 Å². The van der Waals surface area contributed by atoms with E-state index in [1.54, 1.807) is 30.5 Å². The molecule has 0 saturated carbocycles. The topological polar surface area (TPSA) is 84.6 Å². The van der Waals surface area contributed by atoms with Crippen molar-refractivity contribution in [3.63, 3.8) is 0 Å². The number of fused-ring (bicyclic) bond motifs is 1. The van der Waals surface area contributed by atoms with Gasteiger partial charge in [-0.15, -0.1) is 10.2 Å². The number of para-hydroxylation sites is 1. The summed E-state index contributed by atoms with van der Waals surface area (Å²) in [6.07, 6.45) is 3.50. The van der Waals surface area contributed by atoms with Gasteiger partial charge in [0.2, 0.25) is 0 Å². The quantitative estimate of drug-likeness (QED) is 0.506. The number of benzene rings is 1. The minimum atomic E-state index is -0.115. The van der Waals surface area contributed by atoms with Crippen LogP contribution in [0.5, 0.6) is 5.75 Å². The Hall–Kier alpha value is -3.94. The van der Waals surface area contributed by atoms with Crippen LogP contribution in [-0.4, -0.2) is 59.3 Å². The Kier molecular flexibility index (Phi) is 4.95. The second kappa shape index (κ2) is 8.06. The highest BCUT2D eigenvalue weighted by atomic mass is 16.5. The Bertz CT molecular complexity index is 1200. The van der Waals surface area contributed by atoms with Gasteiger partial charge in [-0.2, -0.15) is 0 Å². The number of aromatic nitrogens is 3. The summed E-state index contributed by atoms with van der Waals surface area (Å²) in [6, 6.07) is 15.1. The van der Waals surface area contributed by atoms with E-state index in [1.807, 2.05) is 42.5 Å². The molecule has 0 aliphatic carbocycles. The number of furan rings is 1. The summed E-state index contributed by atoms with van der Waals surface area (Å²) >= 11 is 0. The van der Waals surface area contributed by atoms with Gasteiger partial charge in [0.25, 0.3) is 5.91 Å². The number of amides is 1. The molecule has 5 rings (SSSR count). The number of ether oxygens (including phenoxy) is 1. The number of hydrogen-bond acceptors (Lipinski definition) is 7. The summed E-state index contributed by atoms with van der Waals surface area (Å²) in [6.45, 7) is 2.52. The van der Waals surface area contributed by atoms with Crippen LogP contribution < -0.4 is 9.64 Å². The Balaban J connectivity index is 1.25. The molecule has 0 bridgehead atoms. The molecule has 8 nitrogen and oxygen atoms in total. The highest BCUT2D eigenvalue weighted by molar-refractivity contribution is 5.97. The van der Waals surface area contributed by atoms with Crippen molar-refractivity contribution < 1.29 is 13.9 Å². The molecule has 4 aromatic rings. The predicted octanol–water partition coefficient (Wildman–Crippen LogP) is 3.26. The van der Waals surface area contributed by atoms with E-state index >= 15 is 0 Å². The normalized spacial score (nSPS) is 14.1. The third-order valence-electron chi connectivity index (χ3n) is 5.44. The number of carbonyl (C=O) groups excluding carboxylic acids is 1. The lowest BCUT2D eigenvalue weighted by Crippen LogP contribution is -2.49. The zero-order valence-corrected chi connectivity index (χ0v) is 17.1. The first kappa shape index (κ1) is 19.0. The smallest absolute Gasteiger partial charge is 0.289 e. The minimum Gasteiger partial charge on any atom is -0.493 e. The van der Waals surface area contributed by atoms with E-state index < -0.39 is 0 Å². The lowest BCUT2D eigenvalue weighted by molar-refractivity contribution is 0.0716. The molecule has 3 aromatic heterocycles. The van der Waals surface area contributed by atoms with E-state index in [1.165, 1.54) is 0 Å². The number of piperazine rings is 1. The van der Waals surface area contributed by atoms with E-state index in [-0.39, 0.29) is 5.91 Å². The summed E-state index contributed by atoms with van der Waals surface area (Å²) in [5.41, 5.74) is 2.31. The molecule has 0 unspecified atom stereocenters. The van der Waals surface area contributed by atoms with Crippen molar-refractivity contribution in [3.8, 4) is 17.0 Å². The van der Waals surface area contributed by atoms with Gasteiger partial charge in [-0.3, -0.25) is 9.78 Å². The number of pyridine rings is 1. The maximum absolute atomic E-state index is 13.0. The Morgan fingerprint density at radius 1 is 1.03 bits per heavy atom. The van der Waals surface area contributed by atoms with Gasteiger partial charge in [-0.25, -0.2) is 0 Å². The Morgan fingerprint density at radius 2 is 1.90 bits per heavy atom. The van der Waals surface area contributed by atoms with Crippen LogP contribution in [-0.2, 0) is 0 Å². The highest BCUT2D eigenvalue weighted by Gasteiger charge is 2.26. The van der Waals surface area contributed by atoms with Gasteiger partial charge in [0.05, 0.1) is 12.8 Å². The number of anilines is 1. The van der Waals surface area contributed by atoms with Crippen molar-refractivity contribution in [2.75, 3.05) is 38.2 Å². The number of hydrogen-bond donors (Lipinski definition) is 0. The number of rotatable bonds is 4. The van der Waals surface area contributed by atoms with Crippen molar-refractivity contribution in [1.29, 1.82) is 0 Å². The lowest BCUT2D eigenvalue weighted by atomic mass is 10.2. The number of carbonyl (C=O) groups is 1. The molecule has 1 aliphatic heterocycles. The van der Waals surface area contributed by atoms with Crippen molar-refractivity contribution >= 4 is 22.7 Å². The van der Waals surface area contributed by atoms with Crippen molar-refractivity contribution in [1.82, 2.24) is 20.1 Å². The van der Waals surface area contributed by atoms with Crippen LogP contribution in [0.1, 0.15) is 10.6 Å². The molecule has 0 atom stereocenters. The molecule has 1 amide bonds. The first-order chi connectivity index (χ1) is 15.2. The second-order valence-electron chi connectivity index (χ2n) is 7.29. The van der Waals surface area contributed by atoms with Crippen LogP contribution in [0.15, 0.2) is 65.3 Å². The Labute approximate surface area is 179 Å². The molecule has 1 aliphatic rings. The summed E-state index contributed by atoms with van der Waals surface area (Å²) in [4.78, 5) is 21.0. The first-order valence-electron chi connectivity index (χ1n) is 10.1. The van der Waals surface area contributed by atoms with Gasteiger partial charge in [0, 0.05) is 49.5 Å². The van der Waals surface area contributed by atoms with Gasteiger partial charge < -0.3 is 19.0 Å². The summed E-state index contributed by atoms with van der Waals surface area (Å²) in [7, 11) is 1.59. The molecular formula is C23H21N5O3. The second-order valence-corrected chi connectivity index (χ2v) is 7.29. The number of methoxy groups -OCH3 is 1. The molecule has 156 valence electrons. The minimum absolute atomic E-state index is 0.115. The van der Waals surface area contributed by atoms with E-state index in [0.29, 0.717) is 43.3 Å². The molecule has 0 N–H and O–H groups in total. The predicted molar refractivity (Wildman–Crippen MR) is 116 cm³/mol. The highest BCUT2D eigenvalue weighted by Crippen LogP contribution is 2.29. The fourth-order valence-electron chi connectivity index (χ4n) is 3.76. The largest absolute Gasteiger partial charge is 0.493 e. The maximum atomic E-state index is 13.0. The van der Waals surface area contributed by atoms with Crippen LogP contribution >= 0.6 is 0 Å². The molecule has 8 heteroatoms. The first-order valence-corrected chi connectivity index (χ1v) is 10.1. The average molecular weight is 415 g/mol. The third kappa shape index (κ3) is 3.68. The monoisotopic (exact) mass is 415 g/mol. The standard InChI is InChI=1S/C23H21N5O3/c1-30-19-6-2-4-16-14-20(31-22(16)19)23(29)28-12-10-27(11-13-28)21-8-7-18(25-26-21)17-5-3-9-24-15-17/h2-9,14-15H,10-13H2,1H3. The maximum Gasteiger partial charge on any atom is 0.289 e. The number of nitrogens with zero attached hydrogens (tertiary/aromatic N) is 5. The van der Waals surface area contributed by atoms with Crippen LogP contribution in [0.25, 0.3) is 22.2 Å².